The Hall–Kier alpha value is -1.45. The molecular formula is C15H16ClFN2. The van der Waals surface area contributed by atoms with Gasteiger partial charge in [-0.2, -0.15) is 4.39 Å². The number of halogens is 2. The lowest BCUT2D eigenvalue weighted by Crippen LogP contribution is -2.14. The fourth-order valence-corrected chi connectivity index (χ4v) is 2.16. The molecule has 0 aliphatic heterocycles. The maximum absolute atomic E-state index is 13.9. The molecule has 2 aromatic rings. The van der Waals surface area contributed by atoms with E-state index in [0.29, 0.717) is 11.6 Å². The zero-order chi connectivity index (χ0) is 12.5. The molecule has 0 radical (unpaired) electrons. The smallest absolute Gasteiger partial charge is 0.216 e. The van der Waals surface area contributed by atoms with Crippen LogP contribution in [0, 0.1) is 5.95 Å². The van der Waals surface area contributed by atoms with Gasteiger partial charge < -0.3 is 5.73 Å². The van der Waals surface area contributed by atoms with Crippen LogP contribution in [0.1, 0.15) is 41.6 Å². The van der Waals surface area contributed by atoms with Gasteiger partial charge in [-0.25, -0.2) is 4.98 Å². The van der Waals surface area contributed by atoms with Gasteiger partial charge in [0.25, 0.3) is 0 Å². The van der Waals surface area contributed by atoms with E-state index >= 15 is 0 Å². The van der Waals surface area contributed by atoms with Crippen molar-refractivity contribution in [3.8, 4) is 0 Å². The first kappa shape index (κ1) is 14.0. The number of rotatable bonds is 3. The predicted octanol–water partition coefficient (Wildman–Crippen LogP) is 3.57. The topological polar surface area (TPSA) is 38.9 Å². The summed E-state index contributed by atoms with van der Waals surface area (Å²) in [5.41, 5.74) is 8.37. The maximum atomic E-state index is 13.9. The largest absolute Gasteiger partial charge is 0.319 e. The first-order valence-electron chi connectivity index (χ1n) is 6.22. The molecular weight excluding hydrogens is 263 g/mol. The molecule has 3 rings (SSSR count). The molecule has 1 fully saturated rings. The normalized spacial score (nSPS) is 15.7. The molecule has 100 valence electrons. The summed E-state index contributed by atoms with van der Waals surface area (Å²) in [5.74, 6) is 0.0147. The van der Waals surface area contributed by atoms with Gasteiger partial charge in [0.15, 0.2) is 0 Å². The minimum Gasteiger partial charge on any atom is -0.319 e. The third-order valence-electron chi connectivity index (χ3n) is 3.39. The molecule has 1 aromatic heterocycles. The van der Waals surface area contributed by atoms with Gasteiger partial charge in [0.05, 0.1) is 11.7 Å². The number of nitrogens with zero attached hydrogens (tertiary/aromatic N) is 1. The van der Waals surface area contributed by atoms with Crippen LogP contribution in [-0.4, -0.2) is 4.98 Å². The van der Waals surface area contributed by atoms with Crippen LogP contribution in [-0.2, 0) is 0 Å². The molecule has 2 N–H and O–H groups in total. The van der Waals surface area contributed by atoms with Crippen LogP contribution in [0.2, 0.25) is 0 Å². The fourth-order valence-electron chi connectivity index (χ4n) is 2.16. The molecule has 0 bridgehead atoms. The van der Waals surface area contributed by atoms with E-state index in [4.69, 9.17) is 5.73 Å². The number of hydrogen-bond donors (Lipinski definition) is 1. The van der Waals surface area contributed by atoms with E-state index in [0.717, 1.165) is 24.0 Å². The lowest BCUT2D eigenvalue weighted by atomic mass is 10.0. The third-order valence-corrected chi connectivity index (χ3v) is 3.39. The van der Waals surface area contributed by atoms with Gasteiger partial charge in [0.1, 0.15) is 0 Å². The van der Waals surface area contributed by atoms with E-state index in [-0.39, 0.29) is 24.4 Å². The fraction of sp³-hybridized carbons (Fsp3) is 0.267. The van der Waals surface area contributed by atoms with E-state index in [1.807, 2.05) is 42.5 Å². The Balaban J connectivity index is 0.00000133. The number of pyridine rings is 1. The van der Waals surface area contributed by atoms with Crippen molar-refractivity contribution in [1.29, 1.82) is 0 Å². The standard InChI is InChI=1S/C15H15FN2.ClH/c16-15-12(10-6-7-10)8-9-13(18-15)14(17)11-4-2-1-3-5-11;/h1-5,8-10,14H,6-7,17H2;1H. The van der Waals surface area contributed by atoms with Gasteiger partial charge in [-0.15, -0.1) is 12.4 Å². The van der Waals surface area contributed by atoms with Crippen LogP contribution < -0.4 is 5.73 Å². The molecule has 19 heavy (non-hydrogen) atoms. The zero-order valence-electron chi connectivity index (χ0n) is 10.4. The van der Waals surface area contributed by atoms with Gasteiger partial charge in [0.2, 0.25) is 5.95 Å². The van der Waals surface area contributed by atoms with Crippen molar-refractivity contribution < 1.29 is 4.39 Å². The molecule has 2 nitrogen and oxygen atoms in total. The predicted molar refractivity (Wildman–Crippen MR) is 75.9 cm³/mol. The Morgan fingerprint density at radius 3 is 2.37 bits per heavy atom. The average Bonchev–Trinajstić information content (AvgIpc) is 3.23. The van der Waals surface area contributed by atoms with Crippen molar-refractivity contribution in [2.24, 2.45) is 5.73 Å². The monoisotopic (exact) mass is 278 g/mol. The summed E-state index contributed by atoms with van der Waals surface area (Å²) in [6.45, 7) is 0. The summed E-state index contributed by atoms with van der Waals surface area (Å²) < 4.78 is 13.9. The lowest BCUT2D eigenvalue weighted by molar-refractivity contribution is 0.556. The van der Waals surface area contributed by atoms with Gasteiger partial charge in [-0.05, 0) is 30.4 Å². The van der Waals surface area contributed by atoms with Crippen molar-refractivity contribution in [1.82, 2.24) is 4.98 Å². The van der Waals surface area contributed by atoms with Crippen molar-refractivity contribution in [2.45, 2.75) is 24.8 Å². The third kappa shape index (κ3) is 2.94. The second-order valence-corrected chi connectivity index (χ2v) is 4.78. The Labute approximate surface area is 118 Å². The lowest BCUT2D eigenvalue weighted by Gasteiger charge is -2.12. The minimum atomic E-state index is -0.367. The molecule has 1 unspecified atom stereocenters. The molecule has 1 atom stereocenters. The number of nitrogens with two attached hydrogens (primary N) is 1. The summed E-state index contributed by atoms with van der Waals surface area (Å²) >= 11 is 0. The van der Waals surface area contributed by atoms with Crippen molar-refractivity contribution in [3.63, 3.8) is 0 Å². The van der Waals surface area contributed by atoms with Crippen LogP contribution >= 0.6 is 12.4 Å². The van der Waals surface area contributed by atoms with Crippen molar-refractivity contribution >= 4 is 12.4 Å². The van der Waals surface area contributed by atoms with Crippen LogP contribution in [0.5, 0.6) is 0 Å². The second-order valence-electron chi connectivity index (χ2n) is 4.78. The first-order chi connectivity index (χ1) is 8.75. The highest BCUT2D eigenvalue weighted by Crippen LogP contribution is 2.41. The summed E-state index contributed by atoms with van der Waals surface area (Å²) in [4.78, 5) is 4.02. The highest BCUT2D eigenvalue weighted by Gasteiger charge is 2.27. The Morgan fingerprint density at radius 2 is 1.79 bits per heavy atom. The van der Waals surface area contributed by atoms with Gasteiger partial charge in [0, 0.05) is 5.56 Å². The van der Waals surface area contributed by atoms with Gasteiger partial charge in [-0.1, -0.05) is 36.4 Å². The van der Waals surface area contributed by atoms with Crippen molar-refractivity contribution in [2.75, 3.05) is 0 Å². The summed E-state index contributed by atoms with van der Waals surface area (Å²) in [6, 6.07) is 12.9. The van der Waals surface area contributed by atoms with Gasteiger partial charge in [-0.3, -0.25) is 0 Å². The highest BCUT2D eigenvalue weighted by atomic mass is 35.5. The highest BCUT2D eigenvalue weighted by molar-refractivity contribution is 5.85. The molecule has 4 heteroatoms. The van der Waals surface area contributed by atoms with E-state index in [2.05, 4.69) is 4.98 Å². The zero-order valence-corrected chi connectivity index (χ0v) is 11.2. The molecule has 0 spiro atoms. The summed E-state index contributed by atoms with van der Waals surface area (Å²) in [5, 5.41) is 0. The first-order valence-corrected chi connectivity index (χ1v) is 6.22. The number of benzene rings is 1. The summed E-state index contributed by atoms with van der Waals surface area (Å²) in [6.07, 6.45) is 2.14. The van der Waals surface area contributed by atoms with E-state index < -0.39 is 0 Å². The number of aromatic nitrogens is 1. The van der Waals surface area contributed by atoms with Crippen LogP contribution in [0.3, 0.4) is 0 Å². The maximum Gasteiger partial charge on any atom is 0.216 e. The molecule has 1 aliphatic carbocycles. The summed E-state index contributed by atoms with van der Waals surface area (Å²) in [7, 11) is 0. The second kappa shape index (κ2) is 5.68. The van der Waals surface area contributed by atoms with Crippen LogP contribution in [0.15, 0.2) is 42.5 Å². The molecule has 0 saturated heterocycles. The number of hydrogen-bond acceptors (Lipinski definition) is 2. The molecule has 1 aromatic carbocycles. The molecule has 1 heterocycles. The van der Waals surface area contributed by atoms with Gasteiger partial charge >= 0.3 is 0 Å². The van der Waals surface area contributed by atoms with Crippen molar-refractivity contribution in [3.05, 3.63) is 65.2 Å². The average molecular weight is 279 g/mol. The van der Waals surface area contributed by atoms with E-state index in [1.165, 1.54) is 0 Å². The SMILES string of the molecule is Cl.NC(c1ccccc1)c1ccc(C2CC2)c(F)n1. The molecule has 1 saturated carbocycles. The Bertz CT molecular complexity index is 555. The van der Waals surface area contributed by atoms with E-state index in [9.17, 15) is 4.39 Å². The molecule has 0 amide bonds. The quantitative estimate of drug-likeness (QED) is 0.872. The Kier molecular flexibility index (Phi) is 4.17. The van der Waals surface area contributed by atoms with Crippen LogP contribution in [0.4, 0.5) is 4.39 Å². The Morgan fingerprint density at radius 1 is 1.11 bits per heavy atom. The minimum absolute atomic E-state index is 0. The molecule has 1 aliphatic rings. The van der Waals surface area contributed by atoms with E-state index in [1.54, 1.807) is 0 Å². The van der Waals surface area contributed by atoms with Crippen LogP contribution in [0.25, 0.3) is 0 Å².